The van der Waals surface area contributed by atoms with E-state index in [0.717, 1.165) is 28.6 Å². The number of carbonyl (C=O) groups excluding carboxylic acids is 1. The first-order chi connectivity index (χ1) is 8.97. The Kier molecular flexibility index (Phi) is 3.65. The average molecular weight is 254 g/mol. The highest BCUT2D eigenvalue weighted by molar-refractivity contribution is 6.18. The summed E-state index contributed by atoms with van der Waals surface area (Å²) in [6.45, 7) is 8.04. The number of fused-ring (bicyclic) bond motifs is 1. The Hall–Kier alpha value is -2.16. The van der Waals surface area contributed by atoms with E-state index in [-0.39, 0.29) is 0 Å². The zero-order valence-electron chi connectivity index (χ0n) is 11.3. The minimum absolute atomic E-state index is 0.327. The van der Waals surface area contributed by atoms with Gasteiger partial charge in [0, 0.05) is 16.7 Å². The third kappa shape index (κ3) is 2.99. The first-order valence-electron chi connectivity index (χ1n) is 6.36. The number of primary amides is 1. The smallest absolute Gasteiger partial charge is 0.248 e. The van der Waals surface area contributed by atoms with E-state index in [1.54, 1.807) is 0 Å². The molecule has 0 spiro atoms. The summed E-state index contributed by atoms with van der Waals surface area (Å²) in [6, 6.07) is 9.69. The van der Waals surface area contributed by atoms with Crippen molar-refractivity contribution in [2.75, 3.05) is 0 Å². The number of pyridine rings is 1. The second-order valence-corrected chi connectivity index (χ2v) is 5.15. The van der Waals surface area contributed by atoms with E-state index in [2.05, 4.69) is 25.4 Å². The number of benzene rings is 1. The highest BCUT2D eigenvalue weighted by atomic mass is 16.1. The lowest BCUT2D eigenvalue weighted by Crippen LogP contribution is -2.11. The predicted molar refractivity (Wildman–Crippen MR) is 78.5 cm³/mol. The highest BCUT2D eigenvalue weighted by Gasteiger charge is 2.07. The van der Waals surface area contributed by atoms with Gasteiger partial charge < -0.3 is 5.73 Å². The van der Waals surface area contributed by atoms with Crippen LogP contribution in [0.25, 0.3) is 16.5 Å². The summed E-state index contributed by atoms with van der Waals surface area (Å²) >= 11 is 0. The maximum atomic E-state index is 11.1. The lowest BCUT2D eigenvalue weighted by Gasteiger charge is -2.07. The number of hydrogen-bond donors (Lipinski definition) is 1. The molecule has 19 heavy (non-hydrogen) atoms. The topological polar surface area (TPSA) is 56.0 Å². The molecule has 0 aliphatic carbocycles. The fraction of sp³-hybridized carbons (Fsp3) is 0.250. The van der Waals surface area contributed by atoms with Crippen LogP contribution < -0.4 is 5.73 Å². The summed E-state index contributed by atoms with van der Waals surface area (Å²) in [6.07, 6.45) is 0.964. The third-order valence-electron chi connectivity index (χ3n) is 3.01. The van der Waals surface area contributed by atoms with Crippen LogP contribution in [-0.4, -0.2) is 10.9 Å². The van der Waals surface area contributed by atoms with Crippen molar-refractivity contribution in [3.8, 4) is 0 Å². The van der Waals surface area contributed by atoms with E-state index in [1.165, 1.54) is 0 Å². The first kappa shape index (κ1) is 13.3. The van der Waals surface area contributed by atoms with Crippen molar-refractivity contribution in [3.05, 3.63) is 48.2 Å². The van der Waals surface area contributed by atoms with Crippen LogP contribution in [0.4, 0.5) is 0 Å². The number of hydrogen-bond acceptors (Lipinski definition) is 2. The van der Waals surface area contributed by atoms with Crippen molar-refractivity contribution in [2.45, 2.75) is 20.3 Å². The maximum absolute atomic E-state index is 11.1. The molecule has 0 saturated carbocycles. The zero-order chi connectivity index (χ0) is 14.0. The number of nitrogens with zero attached hydrogens (tertiary/aromatic N) is 1. The van der Waals surface area contributed by atoms with E-state index in [1.807, 2.05) is 30.3 Å². The van der Waals surface area contributed by atoms with Crippen LogP contribution >= 0.6 is 0 Å². The largest absolute Gasteiger partial charge is 0.366 e. The first-order valence-corrected chi connectivity index (χ1v) is 6.36. The van der Waals surface area contributed by atoms with Crippen LogP contribution in [0.15, 0.2) is 36.9 Å². The molecule has 3 heteroatoms. The SMILES string of the molecule is C=C(C(N)=O)c1ccc2nc(CC(C)C)ccc2c1. The Balaban J connectivity index is 2.40. The molecule has 0 atom stereocenters. The van der Waals surface area contributed by atoms with Gasteiger partial charge in [0.15, 0.2) is 0 Å². The van der Waals surface area contributed by atoms with E-state index < -0.39 is 5.91 Å². The maximum Gasteiger partial charge on any atom is 0.248 e. The fourth-order valence-electron chi connectivity index (χ4n) is 2.03. The van der Waals surface area contributed by atoms with Crippen molar-refractivity contribution >= 4 is 22.4 Å². The minimum atomic E-state index is -0.497. The molecule has 1 amide bonds. The third-order valence-corrected chi connectivity index (χ3v) is 3.01. The molecular weight excluding hydrogens is 236 g/mol. The van der Waals surface area contributed by atoms with Gasteiger partial charge in [0.2, 0.25) is 5.91 Å². The van der Waals surface area contributed by atoms with Gasteiger partial charge in [-0.2, -0.15) is 0 Å². The summed E-state index contributed by atoms with van der Waals surface area (Å²) in [5.41, 5.74) is 8.33. The number of nitrogens with two attached hydrogens (primary N) is 1. The standard InChI is InChI=1S/C16H18N2O/c1-10(2)8-14-6-4-13-9-12(11(3)16(17)19)5-7-15(13)18-14/h4-7,9-10H,3,8H2,1-2H3,(H2,17,19). The molecular formula is C16H18N2O. The summed E-state index contributed by atoms with van der Waals surface area (Å²) in [5.74, 6) is 0.0857. The summed E-state index contributed by atoms with van der Waals surface area (Å²) in [4.78, 5) is 15.7. The number of carbonyl (C=O) groups is 1. The van der Waals surface area contributed by atoms with Crippen LogP contribution in [0, 0.1) is 5.92 Å². The molecule has 0 aliphatic rings. The van der Waals surface area contributed by atoms with Gasteiger partial charge in [-0.25, -0.2) is 0 Å². The monoisotopic (exact) mass is 254 g/mol. The second kappa shape index (κ2) is 5.22. The van der Waals surface area contributed by atoms with E-state index in [0.29, 0.717) is 11.5 Å². The molecule has 1 aromatic heterocycles. The van der Waals surface area contributed by atoms with Gasteiger partial charge in [-0.15, -0.1) is 0 Å². The van der Waals surface area contributed by atoms with Gasteiger partial charge in [-0.3, -0.25) is 9.78 Å². The van der Waals surface area contributed by atoms with Gasteiger partial charge in [0.25, 0.3) is 0 Å². The normalized spacial score (nSPS) is 10.9. The van der Waals surface area contributed by atoms with E-state index in [4.69, 9.17) is 5.73 Å². The zero-order valence-corrected chi connectivity index (χ0v) is 11.3. The fourth-order valence-corrected chi connectivity index (χ4v) is 2.03. The lowest BCUT2D eigenvalue weighted by atomic mass is 10.0. The van der Waals surface area contributed by atoms with Crippen molar-refractivity contribution in [2.24, 2.45) is 11.7 Å². The van der Waals surface area contributed by atoms with E-state index in [9.17, 15) is 4.79 Å². The van der Waals surface area contributed by atoms with Crippen LogP contribution in [0.5, 0.6) is 0 Å². The molecule has 98 valence electrons. The van der Waals surface area contributed by atoms with Crippen LogP contribution in [0.2, 0.25) is 0 Å². The Morgan fingerprint density at radius 2 is 2.05 bits per heavy atom. The second-order valence-electron chi connectivity index (χ2n) is 5.15. The van der Waals surface area contributed by atoms with E-state index >= 15 is 0 Å². The van der Waals surface area contributed by atoms with Gasteiger partial charge in [0.05, 0.1) is 5.52 Å². The molecule has 0 radical (unpaired) electrons. The van der Waals surface area contributed by atoms with Crippen LogP contribution in [-0.2, 0) is 11.2 Å². The number of aromatic nitrogens is 1. The summed E-state index contributed by atoms with van der Waals surface area (Å²) in [7, 11) is 0. The van der Waals surface area contributed by atoms with Crippen molar-refractivity contribution in [1.29, 1.82) is 0 Å². The lowest BCUT2D eigenvalue weighted by molar-refractivity contribution is -0.112. The Morgan fingerprint density at radius 1 is 1.32 bits per heavy atom. The molecule has 2 rings (SSSR count). The molecule has 0 bridgehead atoms. The molecule has 1 aromatic carbocycles. The van der Waals surface area contributed by atoms with Gasteiger partial charge in [-0.1, -0.05) is 32.6 Å². The molecule has 2 aromatic rings. The van der Waals surface area contributed by atoms with Gasteiger partial charge in [0.1, 0.15) is 0 Å². The van der Waals surface area contributed by atoms with Gasteiger partial charge in [-0.05, 0) is 36.1 Å². The Labute approximate surface area is 113 Å². The van der Waals surface area contributed by atoms with Crippen molar-refractivity contribution in [1.82, 2.24) is 4.98 Å². The van der Waals surface area contributed by atoms with Crippen molar-refractivity contribution in [3.63, 3.8) is 0 Å². The molecule has 1 heterocycles. The van der Waals surface area contributed by atoms with Crippen LogP contribution in [0.3, 0.4) is 0 Å². The minimum Gasteiger partial charge on any atom is -0.366 e. The molecule has 0 saturated heterocycles. The van der Waals surface area contributed by atoms with Crippen LogP contribution in [0.1, 0.15) is 25.1 Å². The average Bonchev–Trinajstić information content (AvgIpc) is 2.36. The van der Waals surface area contributed by atoms with Gasteiger partial charge >= 0.3 is 0 Å². The number of rotatable bonds is 4. The summed E-state index contributed by atoms with van der Waals surface area (Å²) in [5, 5.41) is 0.993. The van der Waals surface area contributed by atoms with Crippen molar-refractivity contribution < 1.29 is 4.79 Å². The molecule has 2 N–H and O–H groups in total. The highest BCUT2D eigenvalue weighted by Crippen LogP contribution is 2.20. The summed E-state index contributed by atoms with van der Waals surface area (Å²) < 4.78 is 0. The molecule has 3 nitrogen and oxygen atoms in total. The number of amides is 1. The Morgan fingerprint density at radius 3 is 2.68 bits per heavy atom. The Bertz CT molecular complexity index is 644. The molecule has 0 fully saturated rings. The molecule has 0 aliphatic heterocycles. The predicted octanol–water partition coefficient (Wildman–Crippen LogP) is 2.93. The molecule has 0 unspecified atom stereocenters. The quantitative estimate of drug-likeness (QED) is 0.853.